The number of aliphatic carboxylic acids is 1. The first-order valence-corrected chi connectivity index (χ1v) is 7.86. The summed E-state index contributed by atoms with van der Waals surface area (Å²) in [6.45, 7) is -0.150. The number of aromatic nitrogens is 2. The molecule has 0 saturated carbocycles. The molecule has 1 aromatic heterocycles. The molecule has 25 heavy (non-hydrogen) atoms. The summed E-state index contributed by atoms with van der Waals surface area (Å²) in [5.74, 6) is -0.382. The molecule has 6 heteroatoms. The molecule has 0 saturated heterocycles. The highest BCUT2D eigenvalue weighted by molar-refractivity contribution is 5.82. The van der Waals surface area contributed by atoms with Crippen LogP contribution in [0.3, 0.4) is 0 Å². The van der Waals surface area contributed by atoms with Crippen LogP contribution in [-0.2, 0) is 11.3 Å². The maximum Gasteiger partial charge on any atom is 0.323 e. The number of hydrogen-bond donors (Lipinski definition) is 2. The van der Waals surface area contributed by atoms with Crippen molar-refractivity contribution in [1.29, 1.82) is 0 Å². The molecule has 2 aromatic carbocycles. The molecule has 0 spiro atoms. The minimum atomic E-state index is -0.952. The number of hydrogen-bond acceptors (Lipinski definition) is 4. The largest absolute Gasteiger partial charge is 0.490 e. The van der Waals surface area contributed by atoms with Crippen LogP contribution in [0, 0.1) is 0 Å². The fourth-order valence-electron chi connectivity index (χ4n) is 2.68. The van der Waals surface area contributed by atoms with Crippen LogP contribution >= 0.6 is 0 Å². The summed E-state index contributed by atoms with van der Waals surface area (Å²) in [6.07, 6.45) is 1.52. The highest BCUT2D eigenvalue weighted by atomic mass is 16.5. The van der Waals surface area contributed by atoms with Crippen molar-refractivity contribution in [2.75, 3.05) is 13.2 Å². The number of aliphatic hydroxyl groups excluding tert-OH is 1. The molecule has 0 amide bonds. The van der Waals surface area contributed by atoms with Crippen molar-refractivity contribution >= 4 is 5.97 Å². The Bertz CT molecular complexity index is 859. The number of para-hydroxylation sites is 1. The van der Waals surface area contributed by atoms with E-state index in [4.69, 9.17) is 9.84 Å². The van der Waals surface area contributed by atoms with E-state index < -0.39 is 5.97 Å². The van der Waals surface area contributed by atoms with Crippen molar-refractivity contribution < 1.29 is 19.7 Å². The maximum atomic E-state index is 11.2. The first kappa shape index (κ1) is 16.7. The third-order valence-electron chi connectivity index (χ3n) is 3.68. The van der Waals surface area contributed by atoms with Gasteiger partial charge in [0.05, 0.1) is 24.3 Å². The van der Waals surface area contributed by atoms with Gasteiger partial charge < -0.3 is 19.5 Å². The lowest BCUT2D eigenvalue weighted by atomic mass is 10.0. The molecule has 0 aliphatic carbocycles. The summed E-state index contributed by atoms with van der Waals surface area (Å²) < 4.78 is 7.21. The average molecular weight is 338 g/mol. The topological polar surface area (TPSA) is 84.6 Å². The first-order chi connectivity index (χ1) is 12.2. The number of carboxylic acid groups (broad SMARTS) is 1. The van der Waals surface area contributed by atoms with E-state index in [-0.39, 0.29) is 19.8 Å². The normalized spacial score (nSPS) is 10.6. The van der Waals surface area contributed by atoms with E-state index >= 15 is 0 Å². The van der Waals surface area contributed by atoms with Gasteiger partial charge in [-0.3, -0.25) is 4.79 Å². The van der Waals surface area contributed by atoms with Crippen molar-refractivity contribution in [3.63, 3.8) is 0 Å². The summed E-state index contributed by atoms with van der Waals surface area (Å²) in [4.78, 5) is 15.7. The third-order valence-corrected chi connectivity index (χ3v) is 3.68. The summed E-state index contributed by atoms with van der Waals surface area (Å²) in [7, 11) is 0. The molecule has 0 atom stereocenters. The van der Waals surface area contributed by atoms with E-state index in [0.29, 0.717) is 17.1 Å². The highest BCUT2D eigenvalue weighted by Gasteiger charge is 2.19. The van der Waals surface area contributed by atoms with E-state index in [2.05, 4.69) is 4.98 Å². The Labute approximate surface area is 145 Å². The van der Waals surface area contributed by atoms with Gasteiger partial charge >= 0.3 is 5.97 Å². The molecule has 1 heterocycles. The monoisotopic (exact) mass is 338 g/mol. The van der Waals surface area contributed by atoms with Crippen LogP contribution in [0.15, 0.2) is 60.9 Å². The van der Waals surface area contributed by atoms with Gasteiger partial charge in [-0.05, 0) is 12.1 Å². The highest BCUT2D eigenvalue weighted by Crippen LogP contribution is 2.36. The smallest absolute Gasteiger partial charge is 0.323 e. The first-order valence-electron chi connectivity index (χ1n) is 7.86. The lowest BCUT2D eigenvalue weighted by Crippen LogP contribution is -2.10. The second-order valence-corrected chi connectivity index (χ2v) is 5.40. The van der Waals surface area contributed by atoms with E-state index in [0.717, 1.165) is 11.1 Å². The Morgan fingerprint density at radius 3 is 2.52 bits per heavy atom. The number of carbonyl (C=O) groups is 1. The summed E-state index contributed by atoms with van der Waals surface area (Å²) >= 11 is 0. The molecule has 2 N–H and O–H groups in total. The standard InChI is InChI=1S/C19H18N2O4/c22-10-11-25-16-9-5-4-8-15(16)19-18(14-6-2-1-3-7-14)20-13-21(19)12-17(23)24/h1-9,13,22H,10-12H2,(H,23,24). The minimum absolute atomic E-state index is 0.103. The zero-order valence-corrected chi connectivity index (χ0v) is 13.5. The van der Waals surface area contributed by atoms with E-state index in [9.17, 15) is 9.90 Å². The van der Waals surface area contributed by atoms with Crippen LogP contribution in [0.5, 0.6) is 5.75 Å². The number of ether oxygens (including phenoxy) is 1. The average Bonchev–Trinajstić information content (AvgIpc) is 3.03. The van der Waals surface area contributed by atoms with Gasteiger partial charge in [0.15, 0.2) is 0 Å². The zero-order chi connectivity index (χ0) is 17.6. The fourth-order valence-corrected chi connectivity index (χ4v) is 2.68. The summed E-state index contributed by atoms with van der Waals surface area (Å²) in [6, 6.07) is 16.9. The van der Waals surface area contributed by atoms with Gasteiger partial charge in [-0.1, -0.05) is 42.5 Å². The summed E-state index contributed by atoms with van der Waals surface area (Å²) in [5.41, 5.74) is 2.97. The number of nitrogens with zero attached hydrogens (tertiary/aromatic N) is 2. The molecular formula is C19H18N2O4. The van der Waals surface area contributed by atoms with Crippen molar-refractivity contribution in [2.24, 2.45) is 0 Å². The van der Waals surface area contributed by atoms with Crippen molar-refractivity contribution in [3.8, 4) is 28.3 Å². The molecule has 0 fully saturated rings. The van der Waals surface area contributed by atoms with E-state index in [1.54, 1.807) is 10.6 Å². The Morgan fingerprint density at radius 2 is 1.80 bits per heavy atom. The number of imidazole rings is 1. The number of carboxylic acids is 1. The molecule has 6 nitrogen and oxygen atoms in total. The molecule has 0 aliphatic heterocycles. The van der Waals surface area contributed by atoms with Crippen LogP contribution in [0.4, 0.5) is 0 Å². The third kappa shape index (κ3) is 3.70. The van der Waals surface area contributed by atoms with Crippen LogP contribution in [-0.4, -0.2) is 38.9 Å². The van der Waals surface area contributed by atoms with Gasteiger partial charge in [-0.2, -0.15) is 0 Å². The molecule has 0 bridgehead atoms. The van der Waals surface area contributed by atoms with E-state index in [1.165, 1.54) is 6.33 Å². The van der Waals surface area contributed by atoms with Gasteiger partial charge in [-0.15, -0.1) is 0 Å². The second-order valence-electron chi connectivity index (χ2n) is 5.40. The van der Waals surface area contributed by atoms with Crippen LogP contribution in [0.25, 0.3) is 22.5 Å². The van der Waals surface area contributed by atoms with Crippen LogP contribution < -0.4 is 4.74 Å². The van der Waals surface area contributed by atoms with Gasteiger partial charge in [0.2, 0.25) is 0 Å². The van der Waals surface area contributed by atoms with Crippen molar-refractivity contribution in [1.82, 2.24) is 9.55 Å². The Kier molecular flexibility index (Phi) is 5.11. The molecule has 3 rings (SSSR count). The molecule has 0 unspecified atom stereocenters. The molecule has 3 aromatic rings. The predicted molar refractivity (Wildman–Crippen MR) is 93.3 cm³/mol. The quantitative estimate of drug-likeness (QED) is 0.692. The lowest BCUT2D eigenvalue weighted by Gasteiger charge is -2.14. The summed E-state index contributed by atoms with van der Waals surface area (Å²) in [5, 5.41) is 18.3. The van der Waals surface area contributed by atoms with Gasteiger partial charge in [-0.25, -0.2) is 4.98 Å². The van der Waals surface area contributed by atoms with Crippen molar-refractivity contribution in [2.45, 2.75) is 6.54 Å². The lowest BCUT2D eigenvalue weighted by molar-refractivity contribution is -0.137. The molecule has 128 valence electrons. The van der Waals surface area contributed by atoms with Crippen LogP contribution in [0.1, 0.15) is 0 Å². The number of benzene rings is 2. The predicted octanol–water partition coefficient (Wildman–Crippen LogP) is 2.67. The van der Waals surface area contributed by atoms with Gasteiger partial charge in [0.1, 0.15) is 18.9 Å². The Hall–Kier alpha value is -3.12. The number of rotatable bonds is 7. The SMILES string of the molecule is O=C(O)Cn1cnc(-c2ccccc2)c1-c1ccccc1OCCO. The molecule has 0 radical (unpaired) electrons. The van der Waals surface area contributed by atoms with Crippen molar-refractivity contribution in [3.05, 3.63) is 60.9 Å². The molecular weight excluding hydrogens is 320 g/mol. The Balaban J connectivity index is 2.16. The fraction of sp³-hybridized carbons (Fsp3) is 0.158. The van der Waals surface area contributed by atoms with E-state index in [1.807, 2.05) is 48.5 Å². The minimum Gasteiger partial charge on any atom is -0.490 e. The maximum absolute atomic E-state index is 11.2. The number of aliphatic hydroxyl groups is 1. The second kappa shape index (κ2) is 7.63. The Morgan fingerprint density at radius 1 is 1.08 bits per heavy atom. The van der Waals surface area contributed by atoms with Gasteiger partial charge in [0, 0.05) is 11.1 Å². The zero-order valence-electron chi connectivity index (χ0n) is 13.5. The molecule has 0 aliphatic rings. The van der Waals surface area contributed by atoms with Crippen LogP contribution in [0.2, 0.25) is 0 Å². The van der Waals surface area contributed by atoms with Gasteiger partial charge in [0.25, 0.3) is 0 Å².